The number of nitrogens with one attached hydrogen (secondary N) is 1. The van der Waals surface area contributed by atoms with Gasteiger partial charge in [0.05, 0.1) is 4.47 Å². The fourth-order valence-corrected chi connectivity index (χ4v) is 1.88. The molecule has 0 saturated heterocycles. The van der Waals surface area contributed by atoms with Crippen molar-refractivity contribution in [3.8, 4) is 0 Å². The third kappa shape index (κ3) is 4.23. The molecule has 1 aromatic carbocycles. The lowest BCUT2D eigenvalue weighted by molar-refractivity contribution is 0.618. The molecule has 1 nitrogen and oxygen atoms in total. The van der Waals surface area contributed by atoms with E-state index in [1.807, 2.05) is 6.07 Å². The first kappa shape index (κ1) is 12.4. The Morgan fingerprint density at radius 3 is 2.86 bits per heavy atom. The van der Waals surface area contributed by atoms with Crippen molar-refractivity contribution in [2.45, 2.75) is 13.0 Å². The standard InChI is InChI=1S/C10H12BrFIN/c11-9-6-8(2-3-10(9)12)7-14-5-1-4-13/h2-3,6,14H,1,4-5,7H2. The van der Waals surface area contributed by atoms with Crippen LogP contribution in [0.1, 0.15) is 12.0 Å². The van der Waals surface area contributed by atoms with E-state index in [2.05, 4.69) is 43.8 Å². The lowest BCUT2D eigenvalue weighted by Crippen LogP contribution is -2.14. The van der Waals surface area contributed by atoms with Crippen molar-refractivity contribution in [1.29, 1.82) is 0 Å². The lowest BCUT2D eigenvalue weighted by atomic mass is 10.2. The zero-order chi connectivity index (χ0) is 10.4. The van der Waals surface area contributed by atoms with Crippen molar-refractivity contribution in [3.05, 3.63) is 34.1 Å². The van der Waals surface area contributed by atoms with Gasteiger partial charge in [0.25, 0.3) is 0 Å². The summed E-state index contributed by atoms with van der Waals surface area (Å²) in [6.07, 6.45) is 1.17. The maximum Gasteiger partial charge on any atom is 0.137 e. The minimum absolute atomic E-state index is 0.207. The summed E-state index contributed by atoms with van der Waals surface area (Å²) in [4.78, 5) is 0. The molecular formula is C10H12BrFIN. The summed E-state index contributed by atoms with van der Waals surface area (Å²) in [5.41, 5.74) is 1.10. The monoisotopic (exact) mass is 371 g/mol. The van der Waals surface area contributed by atoms with Crippen LogP contribution in [0.4, 0.5) is 4.39 Å². The van der Waals surface area contributed by atoms with Gasteiger partial charge < -0.3 is 5.32 Å². The first-order valence-corrected chi connectivity index (χ1v) is 6.76. The summed E-state index contributed by atoms with van der Waals surface area (Å²) in [5, 5.41) is 3.30. The van der Waals surface area contributed by atoms with E-state index in [0.29, 0.717) is 4.47 Å². The van der Waals surface area contributed by atoms with E-state index < -0.39 is 0 Å². The SMILES string of the molecule is Fc1ccc(CNCCCI)cc1Br. The van der Waals surface area contributed by atoms with Crippen LogP contribution in [0.3, 0.4) is 0 Å². The Kier molecular flexibility index (Phi) is 5.96. The molecular weight excluding hydrogens is 360 g/mol. The molecule has 0 atom stereocenters. The van der Waals surface area contributed by atoms with Crippen LogP contribution in [-0.4, -0.2) is 11.0 Å². The quantitative estimate of drug-likeness (QED) is 0.474. The molecule has 14 heavy (non-hydrogen) atoms. The van der Waals surface area contributed by atoms with Gasteiger partial charge >= 0.3 is 0 Å². The number of benzene rings is 1. The van der Waals surface area contributed by atoms with Crippen molar-refractivity contribution < 1.29 is 4.39 Å². The molecule has 0 aliphatic carbocycles. The summed E-state index contributed by atoms with van der Waals surface area (Å²) in [6.45, 7) is 1.81. The molecule has 0 aliphatic rings. The first-order valence-electron chi connectivity index (χ1n) is 4.44. The number of rotatable bonds is 5. The summed E-state index contributed by atoms with van der Waals surface area (Å²) in [5.74, 6) is -0.207. The van der Waals surface area contributed by atoms with Crippen LogP contribution < -0.4 is 5.32 Å². The molecule has 4 heteroatoms. The molecule has 0 aliphatic heterocycles. The highest BCUT2D eigenvalue weighted by molar-refractivity contribution is 14.1. The molecule has 0 bridgehead atoms. The predicted molar refractivity (Wildman–Crippen MR) is 69.3 cm³/mol. The molecule has 78 valence electrons. The zero-order valence-electron chi connectivity index (χ0n) is 7.69. The minimum atomic E-state index is -0.207. The van der Waals surface area contributed by atoms with Crippen LogP contribution in [-0.2, 0) is 6.54 Å². The van der Waals surface area contributed by atoms with Crippen LogP contribution in [0.5, 0.6) is 0 Å². The smallest absolute Gasteiger partial charge is 0.137 e. The van der Waals surface area contributed by atoms with Crippen molar-refractivity contribution in [1.82, 2.24) is 5.32 Å². The third-order valence-corrected chi connectivity index (χ3v) is 3.17. The van der Waals surface area contributed by atoms with E-state index in [4.69, 9.17) is 0 Å². The highest BCUT2D eigenvalue weighted by Crippen LogP contribution is 2.16. The predicted octanol–water partition coefficient (Wildman–Crippen LogP) is 3.50. The number of alkyl halides is 1. The first-order chi connectivity index (χ1) is 6.74. The van der Waals surface area contributed by atoms with Gasteiger partial charge in [-0.15, -0.1) is 0 Å². The van der Waals surface area contributed by atoms with E-state index in [1.165, 1.54) is 12.5 Å². The Morgan fingerprint density at radius 1 is 1.43 bits per heavy atom. The van der Waals surface area contributed by atoms with E-state index in [1.54, 1.807) is 6.07 Å². The van der Waals surface area contributed by atoms with E-state index >= 15 is 0 Å². The topological polar surface area (TPSA) is 12.0 Å². The molecule has 0 aromatic heterocycles. The van der Waals surface area contributed by atoms with Gasteiger partial charge in [0.1, 0.15) is 5.82 Å². The molecule has 0 amide bonds. The second kappa shape index (κ2) is 6.74. The fraction of sp³-hybridized carbons (Fsp3) is 0.400. The van der Waals surface area contributed by atoms with Crippen molar-refractivity contribution in [2.24, 2.45) is 0 Å². The molecule has 0 fully saturated rings. The summed E-state index contributed by atoms with van der Waals surface area (Å²) in [7, 11) is 0. The van der Waals surface area contributed by atoms with Gasteiger partial charge in [-0.1, -0.05) is 28.7 Å². The minimum Gasteiger partial charge on any atom is -0.313 e. The third-order valence-electron chi connectivity index (χ3n) is 1.80. The fourth-order valence-electron chi connectivity index (χ4n) is 1.07. The normalized spacial score (nSPS) is 10.5. The molecule has 0 spiro atoms. The second-order valence-corrected chi connectivity index (χ2v) is 4.90. The summed E-state index contributed by atoms with van der Waals surface area (Å²) < 4.78 is 14.6. The van der Waals surface area contributed by atoms with Gasteiger partial charge in [0.15, 0.2) is 0 Å². The van der Waals surface area contributed by atoms with Crippen molar-refractivity contribution in [3.63, 3.8) is 0 Å². The zero-order valence-corrected chi connectivity index (χ0v) is 11.4. The molecule has 1 rings (SSSR count). The van der Waals surface area contributed by atoms with E-state index in [9.17, 15) is 4.39 Å². The maximum atomic E-state index is 12.9. The molecule has 0 unspecified atom stereocenters. The molecule has 1 aromatic rings. The molecule has 0 radical (unpaired) electrons. The average Bonchev–Trinajstić information content (AvgIpc) is 2.18. The Bertz CT molecular complexity index is 293. The van der Waals surface area contributed by atoms with Gasteiger partial charge in [-0.2, -0.15) is 0 Å². The Balaban J connectivity index is 2.39. The highest BCUT2D eigenvalue weighted by atomic mass is 127. The average molecular weight is 372 g/mol. The van der Waals surface area contributed by atoms with Crippen molar-refractivity contribution in [2.75, 3.05) is 11.0 Å². The number of hydrogen-bond acceptors (Lipinski definition) is 1. The van der Waals surface area contributed by atoms with Crippen LogP contribution >= 0.6 is 38.5 Å². The van der Waals surface area contributed by atoms with Gasteiger partial charge in [-0.3, -0.25) is 0 Å². The van der Waals surface area contributed by atoms with Gasteiger partial charge in [-0.05, 0) is 46.6 Å². The van der Waals surface area contributed by atoms with Crippen LogP contribution in [0.2, 0.25) is 0 Å². The maximum absolute atomic E-state index is 12.9. The van der Waals surface area contributed by atoms with E-state index in [0.717, 1.165) is 23.1 Å². The Hall–Kier alpha value is 0.320. The van der Waals surface area contributed by atoms with Crippen molar-refractivity contribution >= 4 is 38.5 Å². The van der Waals surface area contributed by atoms with Gasteiger partial charge in [0.2, 0.25) is 0 Å². The Labute approximate surface area is 106 Å². The van der Waals surface area contributed by atoms with Crippen LogP contribution in [0.15, 0.2) is 22.7 Å². The lowest BCUT2D eigenvalue weighted by Gasteiger charge is -2.04. The van der Waals surface area contributed by atoms with E-state index in [-0.39, 0.29) is 5.82 Å². The Morgan fingerprint density at radius 2 is 2.21 bits per heavy atom. The second-order valence-electron chi connectivity index (χ2n) is 2.97. The van der Waals surface area contributed by atoms with Crippen LogP contribution in [0.25, 0.3) is 0 Å². The number of halogens is 3. The van der Waals surface area contributed by atoms with Gasteiger partial charge in [0, 0.05) is 11.0 Å². The van der Waals surface area contributed by atoms with Crippen LogP contribution in [0, 0.1) is 5.82 Å². The molecule has 0 heterocycles. The molecule has 0 saturated carbocycles. The number of hydrogen-bond donors (Lipinski definition) is 1. The molecule has 1 N–H and O–H groups in total. The largest absolute Gasteiger partial charge is 0.313 e. The summed E-state index contributed by atoms with van der Waals surface area (Å²) >= 11 is 5.52. The van der Waals surface area contributed by atoms with Gasteiger partial charge in [-0.25, -0.2) is 4.39 Å². The highest BCUT2D eigenvalue weighted by Gasteiger charge is 1.99. The summed E-state index contributed by atoms with van der Waals surface area (Å²) in [6, 6.07) is 5.10.